The third-order valence-electron chi connectivity index (χ3n) is 2.98. The first-order valence-electron chi connectivity index (χ1n) is 7.40. The molecule has 126 valence electrons. The van der Waals surface area contributed by atoms with E-state index in [0.29, 0.717) is 35.3 Å². The fraction of sp³-hybridized carbons (Fsp3) is 0.500. The van der Waals surface area contributed by atoms with Gasteiger partial charge < -0.3 is 20.1 Å². The number of fused-ring (bicyclic) bond motifs is 1. The maximum Gasteiger partial charge on any atom is 0.239 e. The van der Waals surface area contributed by atoms with Crippen LogP contribution in [0, 0.1) is 0 Å². The van der Waals surface area contributed by atoms with Gasteiger partial charge in [-0.2, -0.15) is 0 Å². The Morgan fingerprint density at radius 3 is 2.57 bits per heavy atom. The van der Waals surface area contributed by atoms with Gasteiger partial charge in [0.25, 0.3) is 0 Å². The summed E-state index contributed by atoms with van der Waals surface area (Å²) in [6.45, 7) is 6.48. The van der Waals surface area contributed by atoms with Crippen LogP contribution in [0.25, 0.3) is 0 Å². The molecule has 6 nitrogen and oxygen atoms in total. The minimum atomic E-state index is -0.328. The smallest absolute Gasteiger partial charge is 0.239 e. The van der Waals surface area contributed by atoms with Gasteiger partial charge in [-0.15, -0.1) is 0 Å². The molecule has 1 aliphatic rings. The van der Waals surface area contributed by atoms with Crippen molar-refractivity contribution in [2.45, 2.75) is 32.7 Å². The van der Waals surface area contributed by atoms with Crippen LogP contribution in [0.15, 0.2) is 12.1 Å². The SMILES string of the molecule is CC(C)(C)NC(=O)CNC(=O)Cc1cc(Cl)c2c(c1)OCCO2. The molecule has 1 aliphatic heterocycles. The lowest BCUT2D eigenvalue weighted by Gasteiger charge is -2.21. The lowest BCUT2D eigenvalue weighted by atomic mass is 10.1. The van der Waals surface area contributed by atoms with Crippen molar-refractivity contribution in [2.75, 3.05) is 19.8 Å². The molecule has 0 saturated heterocycles. The van der Waals surface area contributed by atoms with Crippen molar-refractivity contribution in [3.63, 3.8) is 0 Å². The van der Waals surface area contributed by atoms with Gasteiger partial charge in [0.05, 0.1) is 18.0 Å². The van der Waals surface area contributed by atoms with Crippen molar-refractivity contribution in [2.24, 2.45) is 0 Å². The van der Waals surface area contributed by atoms with E-state index in [1.54, 1.807) is 12.1 Å². The topological polar surface area (TPSA) is 76.7 Å². The number of halogens is 1. The lowest BCUT2D eigenvalue weighted by Crippen LogP contribution is -2.46. The molecule has 2 rings (SSSR count). The van der Waals surface area contributed by atoms with Gasteiger partial charge in [0.1, 0.15) is 13.2 Å². The lowest BCUT2D eigenvalue weighted by molar-refractivity contribution is -0.126. The number of carbonyl (C=O) groups excluding carboxylic acids is 2. The van der Waals surface area contributed by atoms with Crippen LogP contribution in [0.1, 0.15) is 26.3 Å². The van der Waals surface area contributed by atoms with Gasteiger partial charge >= 0.3 is 0 Å². The van der Waals surface area contributed by atoms with Crippen molar-refractivity contribution in [1.29, 1.82) is 0 Å². The summed E-state index contributed by atoms with van der Waals surface area (Å²) in [6, 6.07) is 3.40. The van der Waals surface area contributed by atoms with E-state index in [-0.39, 0.29) is 30.3 Å². The van der Waals surface area contributed by atoms with Crippen molar-refractivity contribution < 1.29 is 19.1 Å². The van der Waals surface area contributed by atoms with Gasteiger partial charge in [-0.05, 0) is 38.5 Å². The Balaban J connectivity index is 1.91. The highest BCUT2D eigenvalue weighted by Crippen LogP contribution is 2.38. The zero-order chi connectivity index (χ0) is 17.0. The van der Waals surface area contributed by atoms with Gasteiger partial charge in [-0.1, -0.05) is 11.6 Å². The fourth-order valence-electron chi connectivity index (χ4n) is 2.16. The Morgan fingerprint density at radius 1 is 1.17 bits per heavy atom. The van der Waals surface area contributed by atoms with Crippen LogP contribution in [-0.4, -0.2) is 37.1 Å². The Hall–Kier alpha value is -1.95. The number of nitrogens with one attached hydrogen (secondary N) is 2. The molecule has 7 heteroatoms. The highest BCUT2D eigenvalue weighted by molar-refractivity contribution is 6.32. The van der Waals surface area contributed by atoms with Crippen LogP contribution in [0.5, 0.6) is 11.5 Å². The Kier molecular flexibility index (Phi) is 5.36. The van der Waals surface area contributed by atoms with Gasteiger partial charge in [0.15, 0.2) is 11.5 Å². The average molecular weight is 341 g/mol. The normalized spacial score (nSPS) is 13.4. The molecule has 0 bridgehead atoms. The van der Waals surface area contributed by atoms with E-state index in [0.717, 1.165) is 0 Å². The first-order chi connectivity index (χ1) is 10.7. The van der Waals surface area contributed by atoms with E-state index < -0.39 is 0 Å². The summed E-state index contributed by atoms with van der Waals surface area (Å²) >= 11 is 6.13. The fourth-order valence-corrected chi connectivity index (χ4v) is 2.44. The van der Waals surface area contributed by atoms with Crippen LogP contribution in [0.2, 0.25) is 5.02 Å². The van der Waals surface area contributed by atoms with Crippen LogP contribution < -0.4 is 20.1 Å². The quantitative estimate of drug-likeness (QED) is 0.874. The Bertz CT molecular complexity index is 611. The second-order valence-electron chi connectivity index (χ2n) is 6.35. The number of carbonyl (C=O) groups is 2. The number of amides is 2. The van der Waals surface area contributed by atoms with E-state index >= 15 is 0 Å². The Morgan fingerprint density at radius 2 is 1.87 bits per heavy atom. The van der Waals surface area contributed by atoms with Gasteiger partial charge in [-0.25, -0.2) is 0 Å². The van der Waals surface area contributed by atoms with Crippen LogP contribution in [0.4, 0.5) is 0 Å². The monoisotopic (exact) mass is 340 g/mol. The molecule has 1 aromatic rings. The summed E-state index contributed by atoms with van der Waals surface area (Å²) in [5, 5.41) is 5.78. The number of hydrogen-bond donors (Lipinski definition) is 2. The molecular weight excluding hydrogens is 320 g/mol. The van der Waals surface area contributed by atoms with E-state index in [1.807, 2.05) is 20.8 Å². The summed E-state index contributed by atoms with van der Waals surface area (Å²) in [7, 11) is 0. The second kappa shape index (κ2) is 7.08. The number of benzene rings is 1. The molecule has 0 aromatic heterocycles. The molecule has 2 N–H and O–H groups in total. The van der Waals surface area contributed by atoms with Crippen molar-refractivity contribution in [3.05, 3.63) is 22.7 Å². The summed E-state index contributed by atoms with van der Waals surface area (Å²) in [5.74, 6) is 0.552. The molecule has 1 heterocycles. The molecule has 0 spiro atoms. The van der Waals surface area contributed by atoms with E-state index in [1.165, 1.54) is 0 Å². The average Bonchev–Trinajstić information content (AvgIpc) is 2.43. The van der Waals surface area contributed by atoms with Crippen molar-refractivity contribution in [3.8, 4) is 11.5 Å². The zero-order valence-electron chi connectivity index (χ0n) is 13.5. The predicted octanol–water partition coefficient (Wildman–Crippen LogP) is 1.68. The summed E-state index contributed by atoms with van der Waals surface area (Å²) in [4.78, 5) is 23.6. The molecule has 2 amide bonds. The molecule has 0 fully saturated rings. The molecule has 0 atom stereocenters. The molecule has 1 aromatic carbocycles. The van der Waals surface area contributed by atoms with Crippen molar-refractivity contribution >= 4 is 23.4 Å². The molecule has 23 heavy (non-hydrogen) atoms. The number of hydrogen-bond acceptors (Lipinski definition) is 4. The minimum absolute atomic E-state index is 0.0611. The third-order valence-corrected chi connectivity index (χ3v) is 3.26. The summed E-state index contributed by atoms with van der Waals surface area (Å²) in [6.07, 6.45) is 0.110. The minimum Gasteiger partial charge on any atom is -0.486 e. The maximum atomic E-state index is 12.0. The third kappa shape index (κ3) is 5.32. The largest absolute Gasteiger partial charge is 0.486 e. The van der Waals surface area contributed by atoms with E-state index in [2.05, 4.69) is 10.6 Å². The van der Waals surface area contributed by atoms with E-state index in [4.69, 9.17) is 21.1 Å². The predicted molar refractivity (Wildman–Crippen MR) is 87.1 cm³/mol. The van der Waals surface area contributed by atoms with E-state index in [9.17, 15) is 9.59 Å². The van der Waals surface area contributed by atoms with Crippen LogP contribution >= 0.6 is 11.6 Å². The van der Waals surface area contributed by atoms with Gasteiger partial charge in [0, 0.05) is 5.54 Å². The Labute approximate surface area is 140 Å². The molecular formula is C16H21ClN2O4. The number of rotatable bonds is 4. The molecule has 0 radical (unpaired) electrons. The van der Waals surface area contributed by atoms with Crippen LogP contribution in [-0.2, 0) is 16.0 Å². The van der Waals surface area contributed by atoms with Gasteiger partial charge in [-0.3, -0.25) is 9.59 Å². The second-order valence-corrected chi connectivity index (χ2v) is 6.76. The van der Waals surface area contributed by atoms with Crippen molar-refractivity contribution in [1.82, 2.24) is 10.6 Å². The molecule has 0 saturated carbocycles. The first kappa shape index (κ1) is 17.4. The van der Waals surface area contributed by atoms with Crippen LogP contribution in [0.3, 0.4) is 0 Å². The summed E-state index contributed by atoms with van der Waals surface area (Å²) < 4.78 is 10.9. The maximum absolute atomic E-state index is 12.0. The highest BCUT2D eigenvalue weighted by atomic mass is 35.5. The molecule has 0 unspecified atom stereocenters. The highest BCUT2D eigenvalue weighted by Gasteiger charge is 2.18. The first-order valence-corrected chi connectivity index (χ1v) is 7.78. The summed E-state index contributed by atoms with van der Waals surface area (Å²) in [5.41, 5.74) is 0.374. The number of ether oxygens (including phenoxy) is 2. The van der Waals surface area contributed by atoms with Gasteiger partial charge in [0.2, 0.25) is 11.8 Å². The molecule has 0 aliphatic carbocycles. The standard InChI is InChI=1S/C16H21ClN2O4/c1-16(2,3)19-14(21)9-18-13(20)8-10-6-11(17)15-12(7-10)22-4-5-23-15/h6-7H,4-5,8-9H2,1-3H3,(H,18,20)(H,19,21). The zero-order valence-corrected chi connectivity index (χ0v) is 14.3.